The van der Waals surface area contributed by atoms with E-state index in [4.69, 9.17) is 0 Å². The SMILES string of the molecule is Cc1cc2cc(C)c(C)cc2s1. The summed E-state index contributed by atoms with van der Waals surface area (Å²) in [7, 11) is 0. The molecule has 12 heavy (non-hydrogen) atoms. The van der Waals surface area contributed by atoms with E-state index >= 15 is 0 Å². The predicted octanol–water partition coefficient (Wildman–Crippen LogP) is 3.83. The maximum absolute atomic E-state index is 2.28. The van der Waals surface area contributed by atoms with Crippen molar-refractivity contribution in [3.63, 3.8) is 0 Å². The molecular formula is C11H12S. The number of aryl methyl sites for hydroxylation is 3. The number of hydrogen-bond acceptors (Lipinski definition) is 1. The molecule has 2 aromatic rings. The average molecular weight is 176 g/mol. The van der Waals surface area contributed by atoms with E-state index in [1.807, 2.05) is 11.3 Å². The van der Waals surface area contributed by atoms with Gasteiger partial charge in [0.05, 0.1) is 0 Å². The Bertz CT molecular complexity index is 385. The van der Waals surface area contributed by atoms with Crippen LogP contribution in [0.25, 0.3) is 10.1 Å². The lowest BCUT2D eigenvalue weighted by atomic mass is 10.1. The van der Waals surface area contributed by atoms with E-state index < -0.39 is 0 Å². The topological polar surface area (TPSA) is 0 Å². The first-order valence-corrected chi connectivity index (χ1v) is 4.96. The van der Waals surface area contributed by atoms with E-state index in [-0.39, 0.29) is 0 Å². The molecule has 0 unspecified atom stereocenters. The summed E-state index contributed by atoms with van der Waals surface area (Å²) in [5.41, 5.74) is 2.78. The zero-order chi connectivity index (χ0) is 8.72. The van der Waals surface area contributed by atoms with Gasteiger partial charge in [-0.25, -0.2) is 0 Å². The Morgan fingerprint density at radius 3 is 2.33 bits per heavy atom. The standard InChI is InChI=1S/C11H12S/c1-7-4-10-6-9(3)12-11(10)5-8(7)2/h4-6H,1-3H3. The third kappa shape index (κ3) is 1.14. The fourth-order valence-electron chi connectivity index (χ4n) is 1.44. The van der Waals surface area contributed by atoms with Crippen LogP contribution in [0.3, 0.4) is 0 Å². The summed E-state index contributed by atoms with van der Waals surface area (Å²) in [4.78, 5) is 1.40. The van der Waals surface area contributed by atoms with Crippen molar-refractivity contribution in [2.45, 2.75) is 20.8 Å². The van der Waals surface area contributed by atoms with Gasteiger partial charge in [-0.05, 0) is 49.4 Å². The lowest BCUT2D eigenvalue weighted by molar-refractivity contribution is 1.37. The average Bonchev–Trinajstić information content (AvgIpc) is 2.30. The molecule has 0 aliphatic rings. The molecule has 62 valence electrons. The van der Waals surface area contributed by atoms with Gasteiger partial charge >= 0.3 is 0 Å². The maximum atomic E-state index is 2.28. The van der Waals surface area contributed by atoms with Crippen LogP contribution in [0, 0.1) is 20.8 Å². The quantitative estimate of drug-likeness (QED) is 0.572. The van der Waals surface area contributed by atoms with E-state index in [9.17, 15) is 0 Å². The molecular weight excluding hydrogens is 164 g/mol. The second kappa shape index (κ2) is 2.60. The van der Waals surface area contributed by atoms with Crippen LogP contribution in [0.15, 0.2) is 18.2 Å². The molecule has 0 atom stereocenters. The van der Waals surface area contributed by atoms with E-state index in [2.05, 4.69) is 39.0 Å². The zero-order valence-corrected chi connectivity index (χ0v) is 8.46. The minimum atomic E-state index is 1.39. The van der Waals surface area contributed by atoms with Crippen LogP contribution < -0.4 is 0 Å². The summed E-state index contributed by atoms with van der Waals surface area (Å²) in [6.45, 7) is 6.50. The molecule has 0 bridgehead atoms. The Kier molecular flexibility index (Phi) is 1.69. The highest BCUT2D eigenvalue weighted by Gasteiger charge is 2.00. The van der Waals surface area contributed by atoms with Crippen molar-refractivity contribution in [2.24, 2.45) is 0 Å². The van der Waals surface area contributed by atoms with Crippen LogP contribution in [0.2, 0.25) is 0 Å². The Morgan fingerprint density at radius 1 is 0.917 bits per heavy atom. The fourth-order valence-corrected chi connectivity index (χ4v) is 2.44. The van der Waals surface area contributed by atoms with Crippen LogP contribution in [0.5, 0.6) is 0 Å². The molecule has 0 radical (unpaired) electrons. The minimum Gasteiger partial charge on any atom is -0.141 e. The van der Waals surface area contributed by atoms with Gasteiger partial charge in [0.1, 0.15) is 0 Å². The summed E-state index contributed by atoms with van der Waals surface area (Å²) in [5, 5.41) is 1.39. The zero-order valence-electron chi connectivity index (χ0n) is 7.64. The molecule has 2 rings (SSSR count). The van der Waals surface area contributed by atoms with Crippen LogP contribution >= 0.6 is 11.3 Å². The van der Waals surface area contributed by atoms with E-state index in [1.165, 1.54) is 26.1 Å². The smallest absolute Gasteiger partial charge is 0.0348 e. The Balaban J connectivity index is 2.83. The van der Waals surface area contributed by atoms with Gasteiger partial charge in [0.2, 0.25) is 0 Å². The Labute approximate surface area is 76.8 Å². The molecule has 0 saturated carbocycles. The molecule has 0 aliphatic carbocycles. The minimum absolute atomic E-state index is 1.39. The first-order chi connectivity index (χ1) is 5.66. The van der Waals surface area contributed by atoms with Crippen molar-refractivity contribution in [1.82, 2.24) is 0 Å². The largest absolute Gasteiger partial charge is 0.141 e. The summed E-state index contributed by atoms with van der Waals surface area (Å²) in [5.74, 6) is 0. The summed E-state index contributed by atoms with van der Waals surface area (Å²) >= 11 is 1.87. The van der Waals surface area contributed by atoms with Crippen molar-refractivity contribution >= 4 is 21.4 Å². The van der Waals surface area contributed by atoms with Gasteiger partial charge < -0.3 is 0 Å². The van der Waals surface area contributed by atoms with Crippen LogP contribution in [0.1, 0.15) is 16.0 Å². The van der Waals surface area contributed by atoms with Gasteiger partial charge in [0.15, 0.2) is 0 Å². The van der Waals surface area contributed by atoms with Gasteiger partial charge in [-0.2, -0.15) is 0 Å². The predicted molar refractivity (Wildman–Crippen MR) is 56.0 cm³/mol. The van der Waals surface area contributed by atoms with Crippen molar-refractivity contribution in [3.05, 3.63) is 34.2 Å². The highest BCUT2D eigenvalue weighted by atomic mass is 32.1. The lowest BCUT2D eigenvalue weighted by Crippen LogP contribution is -1.77. The van der Waals surface area contributed by atoms with Crippen molar-refractivity contribution in [1.29, 1.82) is 0 Å². The normalized spacial score (nSPS) is 10.9. The third-order valence-corrected chi connectivity index (χ3v) is 3.27. The van der Waals surface area contributed by atoms with E-state index in [1.54, 1.807) is 0 Å². The monoisotopic (exact) mass is 176 g/mol. The molecule has 1 heterocycles. The molecule has 0 amide bonds. The van der Waals surface area contributed by atoms with Gasteiger partial charge in [0, 0.05) is 9.58 Å². The molecule has 0 spiro atoms. The second-order valence-electron chi connectivity index (χ2n) is 3.33. The van der Waals surface area contributed by atoms with E-state index in [0.717, 1.165) is 0 Å². The van der Waals surface area contributed by atoms with Crippen LogP contribution in [0.4, 0.5) is 0 Å². The number of fused-ring (bicyclic) bond motifs is 1. The van der Waals surface area contributed by atoms with Crippen LogP contribution in [-0.4, -0.2) is 0 Å². The van der Waals surface area contributed by atoms with Crippen molar-refractivity contribution in [3.8, 4) is 0 Å². The van der Waals surface area contributed by atoms with Gasteiger partial charge in [0.25, 0.3) is 0 Å². The first-order valence-electron chi connectivity index (χ1n) is 4.14. The van der Waals surface area contributed by atoms with Gasteiger partial charge in [-0.3, -0.25) is 0 Å². The second-order valence-corrected chi connectivity index (χ2v) is 4.62. The van der Waals surface area contributed by atoms with Gasteiger partial charge in [-0.1, -0.05) is 6.07 Å². The third-order valence-electron chi connectivity index (χ3n) is 2.26. The molecule has 0 N–H and O–H groups in total. The molecule has 1 aromatic heterocycles. The number of hydrogen-bond donors (Lipinski definition) is 0. The number of thiophene rings is 1. The van der Waals surface area contributed by atoms with E-state index in [0.29, 0.717) is 0 Å². The molecule has 0 aliphatic heterocycles. The molecule has 0 saturated heterocycles. The number of benzene rings is 1. The summed E-state index contributed by atoms with van der Waals surface area (Å²) < 4.78 is 1.41. The maximum Gasteiger partial charge on any atom is 0.0348 e. The molecule has 0 fully saturated rings. The Morgan fingerprint density at radius 2 is 1.58 bits per heavy atom. The fraction of sp³-hybridized carbons (Fsp3) is 0.273. The van der Waals surface area contributed by atoms with Crippen molar-refractivity contribution in [2.75, 3.05) is 0 Å². The highest BCUT2D eigenvalue weighted by molar-refractivity contribution is 7.19. The molecule has 1 aromatic carbocycles. The number of rotatable bonds is 0. The Hall–Kier alpha value is -0.820. The summed E-state index contributed by atoms with van der Waals surface area (Å²) in [6, 6.07) is 6.81. The lowest BCUT2D eigenvalue weighted by Gasteiger charge is -1.98. The van der Waals surface area contributed by atoms with Crippen molar-refractivity contribution < 1.29 is 0 Å². The highest BCUT2D eigenvalue weighted by Crippen LogP contribution is 2.27. The van der Waals surface area contributed by atoms with Crippen LogP contribution in [-0.2, 0) is 0 Å². The molecule has 0 nitrogen and oxygen atoms in total. The molecule has 1 heteroatoms. The van der Waals surface area contributed by atoms with Gasteiger partial charge in [-0.15, -0.1) is 11.3 Å². The summed E-state index contributed by atoms with van der Waals surface area (Å²) in [6.07, 6.45) is 0. The first kappa shape index (κ1) is 7.81.